The van der Waals surface area contributed by atoms with E-state index in [9.17, 15) is 28.8 Å². The van der Waals surface area contributed by atoms with Gasteiger partial charge in [-0.1, -0.05) is 60.3 Å². The third-order valence-corrected chi connectivity index (χ3v) is 7.66. The van der Waals surface area contributed by atoms with Crippen LogP contribution in [0.4, 0.5) is 4.79 Å². The number of carbonyl (C=O) groups excluding carboxylic acids is 6. The smallest absolute Gasteiger partial charge is 0.315 e. The number of nitrogens with one attached hydrogen (secondary N) is 3. The lowest BCUT2D eigenvalue weighted by Gasteiger charge is -2.36. The lowest BCUT2D eigenvalue weighted by Crippen LogP contribution is -2.60. The summed E-state index contributed by atoms with van der Waals surface area (Å²) in [6, 6.07) is -3.52. The van der Waals surface area contributed by atoms with E-state index >= 15 is 0 Å². The summed E-state index contributed by atoms with van der Waals surface area (Å²) in [7, 11) is 0. The monoisotopic (exact) mass is 594 g/mol. The van der Waals surface area contributed by atoms with Crippen molar-refractivity contribution in [1.82, 2.24) is 25.8 Å². The largest absolute Gasteiger partial charge is 0.378 e. The van der Waals surface area contributed by atoms with Crippen LogP contribution in [0.3, 0.4) is 0 Å². The highest BCUT2D eigenvalue weighted by molar-refractivity contribution is 6.37. The number of Topliss-reactive ketones (excluding diaryl/α,β-unsaturated/α-hetero) is 1. The van der Waals surface area contributed by atoms with Gasteiger partial charge in [0.05, 0.1) is 25.8 Å². The SMILES string of the molecule is CC(C)(C)C(NC(=O)NCC(=O)N1CCOCC1)C(=O)N1CCCC1C(=O)NC(CC1CCC1)C(=O)C(N)=O.CCC. The predicted molar refractivity (Wildman–Crippen MR) is 156 cm³/mol. The van der Waals surface area contributed by atoms with Crippen LogP contribution in [0.2, 0.25) is 0 Å². The van der Waals surface area contributed by atoms with Crippen molar-refractivity contribution in [3.05, 3.63) is 0 Å². The molecule has 238 valence electrons. The molecule has 2 aliphatic heterocycles. The minimum absolute atomic E-state index is 0.220. The Hall–Kier alpha value is -3.22. The molecule has 1 aliphatic carbocycles. The van der Waals surface area contributed by atoms with Crippen molar-refractivity contribution in [3.8, 4) is 0 Å². The van der Waals surface area contributed by atoms with Gasteiger partial charge in [0.25, 0.3) is 5.91 Å². The first-order valence-corrected chi connectivity index (χ1v) is 15.1. The highest BCUT2D eigenvalue weighted by atomic mass is 16.5. The van der Waals surface area contributed by atoms with Crippen LogP contribution in [0.1, 0.15) is 79.6 Å². The molecule has 13 heteroatoms. The van der Waals surface area contributed by atoms with E-state index in [-0.39, 0.29) is 18.4 Å². The van der Waals surface area contributed by atoms with Crippen molar-refractivity contribution in [2.24, 2.45) is 17.1 Å². The Morgan fingerprint density at radius 1 is 0.929 bits per heavy atom. The minimum atomic E-state index is -1.10. The number of hydrogen-bond acceptors (Lipinski definition) is 7. The molecule has 3 unspecified atom stereocenters. The van der Waals surface area contributed by atoms with Crippen LogP contribution in [0.15, 0.2) is 0 Å². The van der Waals surface area contributed by atoms with Gasteiger partial charge in [-0.25, -0.2) is 4.79 Å². The lowest BCUT2D eigenvalue weighted by molar-refractivity contribution is -0.143. The second-order valence-corrected chi connectivity index (χ2v) is 12.3. The fraction of sp³-hybridized carbons (Fsp3) is 0.793. The second-order valence-electron chi connectivity index (χ2n) is 12.3. The summed E-state index contributed by atoms with van der Waals surface area (Å²) in [6.07, 6.45) is 5.42. The maximum atomic E-state index is 13.7. The van der Waals surface area contributed by atoms with Crippen molar-refractivity contribution in [2.45, 2.75) is 97.7 Å². The quantitative estimate of drug-likeness (QED) is 0.269. The van der Waals surface area contributed by atoms with Gasteiger partial charge in [-0.15, -0.1) is 0 Å². The highest BCUT2D eigenvalue weighted by Crippen LogP contribution is 2.31. The highest BCUT2D eigenvalue weighted by Gasteiger charge is 2.43. The number of likely N-dealkylation sites (tertiary alicyclic amines) is 1. The molecule has 0 aromatic rings. The maximum absolute atomic E-state index is 13.7. The molecule has 0 aromatic heterocycles. The number of ether oxygens (including phenoxy) is 1. The molecule has 0 bridgehead atoms. The Morgan fingerprint density at radius 2 is 1.55 bits per heavy atom. The molecule has 3 rings (SSSR count). The van der Waals surface area contributed by atoms with Crippen molar-refractivity contribution in [3.63, 3.8) is 0 Å². The number of nitrogens with zero attached hydrogens (tertiary/aromatic N) is 2. The van der Waals surface area contributed by atoms with Crippen LogP contribution in [0.5, 0.6) is 0 Å². The number of rotatable bonds is 10. The molecule has 1 saturated carbocycles. The normalized spacial score (nSPS) is 20.3. The molecule has 0 spiro atoms. The summed E-state index contributed by atoms with van der Waals surface area (Å²) in [5.41, 5.74) is 4.51. The first-order chi connectivity index (χ1) is 19.8. The molecule has 42 heavy (non-hydrogen) atoms. The van der Waals surface area contributed by atoms with Crippen molar-refractivity contribution in [2.75, 3.05) is 39.4 Å². The van der Waals surface area contributed by atoms with Gasteiger partial charge in [-0.05, 0) is 30.6 Å². The van der Waals surface area contributed by atoms with Crippen molar-refractivity contribution < 1.29 is 33.5 Å². The van der Waals surface area contributed by atoms with E-state index < -0.39 is 53.1 Å². The Morgan fingerprint density at radius 3 is 2.07 bits per heavy atom. The number of carbonyl (C=O) groups is 6. The molecule has 2 saturated heterocycles. The van der Waals surface area contributed by atoms with Gasteiger partial charge >= 0.3 is 6.03 Å². The molecule has 3 aliphatic rings. The third-order valence-electron chi connectivity index (χ3n) is 7.66. The Kier molecular flexibility index (Phi) is 13.7. The summed E-state index contributed by atoms with van der Waals surface area (Å²) in [5, 5.41) is 7.88. The number of hydrogen-bond donors (Lipinski definition) is 4. The van der Waals surface area contributed by atoms with E-state index in [0.29, 0.717) is 52.1 Å². The second kappa shape index (κ2) is 16.4. The van der Waals surface area contributed by atoms with E-state index in [4.69, 9.17) is 10.5 Å². The van der Waals surface area contributed by atoms with Gasteiger partial charge in [0, 0.05) is 19.6 Å². The van der Waals surface area contributed by atoms with Crippen LogP contribution in [0.25, 0.3) is 0 Å². The standard InChI is InChI=1S/C26H42N6O7.C3H8/c1-26(2,3)21(30-25(38)28-15-19(33)31-10-12-39-13-11-31)24(37)32-9-5-8-18(32)23(36)29-17(20(34)22(27)35)14-16-6-4-7-16;1-3-2/h16-18,21H,4-15H2,1-3H3,(H2,27,35)(H,29,36)(H2,28,30,38);3H2,1-2H3. The van der Waals surface area contributed by atoms with Crippen LogP contribution in [-0.2, 0) is 28.7 Å². The summed E-state index contributed by atoms with van der Waals surface area (Å²) >= 11 is 0. The molecule has 0 radical (unpaired) electrons. The molecule has 0 aromatic carbocycles. The summed E-state index contributed by atoms with van der Waals surface area (Å²) in [5.74, 6) is -2.91. The predicted octanol–water partition coefficient (Wildman–Crippen LogP) is 0.696. The zero-order valence-electron chi connectivity index (χ0n) is 25.8. The molecule has 13 nitrogen and oxygen atoms in total. The average molecular weight is 595 g/mol. The molecule has 6 amide bonds. The number of primary amides is 1. The first kappa shape index (κ1) is 35.0. The number of amides is 6. The summed E-state index contributed by atoms with van der Waals surface area (Å²) in [6.45, 7) is 11.5. The molecule has 5 N–H and O–H groups in total. The number of urea groups is 1. The Bertz CT molecular complexity index is 972. The Labute approximate surface area is 249 Å². The van der Waals surface area contributed by atoms with E-state index in [1.165, 1.54) is 11.3 Å². The summed E-state index contributed by atoms with van der Waals surface area (Å²) < 4.78 is 5.23. The zero-order chi connectivity index (χ0) is 31.4. The van der Waals surface area contributed by atoms with E-state index in [1.807, 2.05) is 0 Å². The van der Waals surface area contributed by atoms with Crippen LogP contribution < -0.4 is 21.7 Å². The lowest BCUT2D eigenvalue weighted by atomic mass is 9.80. The number of nitrogens with two attached hydrogens (primary N) is 1. The first-order valence-electron chi connectivity index (χ1n) is 15.1. The third kappa shape index (κ3) is 10.2. The van der Waals surface area contributed by atoms with Crippen LogP contribution in [-0.4, -0.2) is 103 Å². The van der Waals surface area contributed by atoms with Crippen LogP contribution >= 0.6 is 0 Å². The topological polar surface area (TPSA) is 180 Å². The molecule has 3 atom stereocenters. The fourth-order valence-corrected chi connectivity index (χ4v) is 5.11. The molecule has 2 heterocycles. The zero-order valence-corrected chi connectivity index (χ0v) is 25.8. The van der Waals surface area contributed by atoms with Gasteiger partial charge in [0.2, 0.25) is 23.5 Å². The average Bonchev–Trinajstić information content (AvgIpc) is 3.41. The number of ketones is 1. The van der Waals surface area contributed by atoms with Gasteiger partial charge in [0.1, 0.15) is 12.1 Å². The Balaban J connectivity index is 0.00000197. The van der Waals surface area contributed by atoms with E-state index in [2.05, 4.69) is 29.8 Å². The van der Waals surface area contributed by atoms with Gasteiger partial charge in [-0.3, -0.25) is 24.0 Å². The van der Waals surface area contributed by atoms with E-state index in [0.717, 1.165) is 19.3 Å². The van der Waals surface area contributed by atoms with Gasteiger partial charge in [0.15, 0.2) is 0 Å². The maximum Gasteiger partial charge on any atom is 0.315 e. The van der Waals surface area contributed by atoms with E-state index in [1.54, 1.807) is 25.7 Å². The molecule has 3 fully saturated rings. The van der Waals surface area contributed by atoms with Crippen molar-refractivity contribution >= 4 is 35.4 Å². The van der Waals surface area contributed by atoms with Gasteiger partial charge < -0.3 is 36.2 Å². The molecular formula is C29H50N6O7. The fourth-order valence-electron chi connectivity index (χ4n) is 5.11. The van der Waals surface area contributed by atoms with Crippen molar-refractivity contribution in [1.29, 1.82) is 0 Å². The van der Waals surface area contributed by atoms with Gasteiger partial charge in [-0.2, -0.15) is 0 Å². The minimum Gasteiger partial charge on any atom is -0.378 e. The summed E-state index contributed by atoms with van der Waals surface area (Å²) in [4.78, 5) is 79.0. The van der Waals surface area contributed by atoms with Crippen LogP contribution in [0, 0.1) is 11.3 Å². The molecular weight excluding hydrogens is 544 g/mol. The number of morpholine rings is 1.